The molecule has 26 heavy (non-hydrogen) atoms. The van der Waals surface area contributed by atoms with E-state index in [1.807, 2.05) is 0 Å². The van der Waals surface area contributed by atoms with Gasteiger partial charge in [-0.3, -0.25) is 0 Å². The predicted octanol–water partition coefficient (Wildman–Crippen LogP) is 3.45. The number of aromatic hydroxyl groups is 1. The highest BCUT2D eigenvalue weighted by molar-refractivity contribution is 5.71. The van der Waals surface area contributed by atoms with Crippen LogP contribution in [0, 0.1) is 6.92 Å². The molecule has 1 unspecified atom stereocenters. The third-order valence-corrected chi connectivity index (χ3v) is 4.34. The molecule has 0 radical (unpaired) electrons. The van der Waals surface area contributed by atoms with Gasteiger partial charge in [0, 0.05) is 12.1 Å². The van der Waals surface area contributed by atoms with Crippen LogP contribution in [-0.4, -0.2) is 34.5 Å². The first-order valence-corrected chi connectivity index (χ1v) is 8.40. The quantitative estimate of drug-likeness (QED) is 0.867. The summed E-state index contributed by atoms with van der Waals surface area (Å²) in [5, 5.41) is 21.4. The number of halogens is 3. The van der Waals surface area contributed by atoms with Gasteiger partial charge in [0.1, 0.15) is 5.75 Å². The van der Waals surface area contributed by atoms with Gasteiger partial charge in [-0.05, 0) is 56.1 Å². The molecule has 1 fully saturated rings. The van der Waals surface area contributed by atoms with Gasteiger partial charge in [-0.2, -0.15) is 23.4 Å². The molecule has 0 amide bonds. The van der Waals surface area contributed by atoms with Gasteiger partial charge >= 0.3 is 6.18 Å². The molecule has 2 N–H and O–H groups in total. The van der Waals surface area contributed by atoms with Crippen LogP contribution in [0.5, 0.6) is 5.75 Å². The number of benzene rings is 1. The summed E-state index contributed by atoms with van der Waals surface area (Å²) >= 11 is 0. The number of piperidine rings is 1. The number of nitrogens with zero attached hydrogens (tertiary/aromatic N) is 2. The molecule has 1 aromatic heterocycles. The third kappa shape index (κ3) is 4.31. The maximum atomic E-state index is 12.8. The van der Waals surface area contributed by atoms with Crippen LogP contribution in [0.4, 0.5) is 13.2 Å². The SMILES string of the molecule is Cc1cc(C(F)(F)F)cc(O)c1-c1ccc(COC2CCCNC2)nn1. The number of aromatic nitrogens is 2. The zero-order valence-corrected chi connectivity index (χ0v) is 14.3. The van der Waals surface area contributed by atoms with Gasteiger partial charge in [0.2, 0.25) is 0 Å². The lowest BCUT2D eigenvalue weighted by atomic mass is 10.0. The van der Waals surface area contributed by atoms with Crippen molar-refractivity contribution in [1.29, 1.82) is 0 Å². The Bertz CT molecular complexity index is 734. The van der Waals surface area contributed by atoms with Gasteiger partial charge < -0.3 is 15.2 Å². The first kappa shape index (κ1) is 18.6. The van der Waals surface area contributed by atoms with Crippen molar-refractivity contribution in [3.8, 4) is 17.0 Å². The molecule has 0 saturated carbocycles. The van der Waals surface area contributed by atoms with Crippen LogP contribution in [0.25, 0.3) is 11.3 Å². The lowest BCUT2D eigenvalue weighted by molar-refractivity contribution is -0.137. The second-order valence-corrected chi connectivity index (χ2v) is 6.37. The minimum absolute atomic E-state index is 0.145. The smallest absolute Gasteiger partial charge is 0.416 e. The molecule has 1 aliphatic rings. The summed E-state index contributed by atoms with van der Waals surface area (Å²) in [4.78, 5) is 0. The Labute approximate surface area is 149 Å². The van der Waals surface area contributed by atoms with E-state index in [-0.39, 0.29) is 17.2 Å². The average Bonchev–Trinajstić information content (AvgIpc) is 2.60. The van der Waals surface area contributed by atoms with Crippen LogP contribution in [0.2, 0.25) is 0 Å². The van der Waals surface area contributed by atoms with Crippen LogP contribution in [0.1, 0.15) is 29.7 Å². The Hall–Kier alpha value is -2.19. The van der Waals surface area contributed by atoms with Crippen molar-refractivity contribution in [2.75, 3.05) is 13.1 Å². The molecule has 0 bridgehead atoms. The fraction of sp³-hybridized carbons (Fsp3) is 0.444. The monoisotopic (exact) mass is 367 g/mol. The van der Waals surface area contributed by atoms with Crippen molar-refractivity contribution in [3.63, 3.8) is 0 Å². The standard InChI is InChI=1S/C18H20F3N3O2/c1-11-7-12(18(19,20)21)8-16(25)17(11)15-5-4-13(23-24-15)10-26-14-3-2-6-22-9-14/h4-5,7-8,14,22,25H,2-3,6,9-10H2,1H3. The van der Waals surface area contributed by atoms with Gasteiger partial charge in [-0.25, -0.2) is 0 Å². The first-order valence-electron chi connectivity index (χ1n) is 8.40. The molecule has 140 valence electrons. The molecule has 1 aliphatic heterocycles. The molecule has 2 aromatic rings. The van der Waals surface area contributed by atoms with Crippen LogP contribution < -0.4 is 5.32 Å². The van der Waals surface area contributed by atoms with Gasteiger partial charge in [0.25, 0.3) is 0 Å². The summed E-state index contributed by atoms with van der Waals surface area (Å²) < 4.78 is 44.2. The highest BCUT2D eigenvalue weighted by Crippen LogP contribution is 2.38. The molecule has 1 aromatic carbocycles. The van der Waals surface area contributed by atoms with E-state index in [0.717, 1.165) is 32.0 Å². The minimum atomic E-state index is -4.51. The molecule has 1 saturated heterocycles. The van der Waals surface area contributed by atoms with Crippen molar-refractivity contribution >= 4 is 0 Å². The topological polar surface area (TPSA) is 67.3 Å². The summed E-state index contributed by atoms with van der Waals surface area (Å²) in [5.41, 5.74) is 0.578. The molecular formula is C18H20F3N3O2. The summed E-state index contributed by atoms with van der Waals surface area (Å²) in [6.07, 6.45) is -2.30. The minimum Gasteiger partial charge on any atom is -0.507 e. The van der Waals surface area contributed by atoms with Crippen molar-refractivity contribution in [3.05, 3.63) is 41.1 Å². The van der Waals surface area contributed by atoms with E-state index >= 15 is 0 Å². The van der Waals surface area contributed by atoms with Gasteiger partial charge in [-0.15, -0.1) is 0 Å². The van der Waals surface area contributed by atoms with Gasteiger partial charge in [-0.1, -0.05) is 0 Å². The number of nitrogens with one attached hydrogen (secondary N) is 1. The molecule has 5 nitrogen and oxygen atoms in total. The normalized spacial score (nSPS) is 18.1. The average molecular weight is 367 g/mol. The first-order chi connectivity index (χ1) is 12.3. The molecule has 8 heteroatoms. The van der Waals surface area contributed by atoms with Crippen LogP contribution in [0.15, 0.2) is 24.3 Å². The number of hydrogen-bond acceptors (Lipinski definition) is 5. The lowest BCUT2D eigenvalue weighted by Gasteiger charge is -2.22. The number of phenolic OH excluding ortho intramolecular Hbond substituents is 1. The number of phenols is 1. The fourth-order valence-electron chi connectivity index (χ4n) is 3.00. The van der Waals surface area contributed by atoms with Crippen molar-refractivity contribution in [1.82, 2.24) is 15.5 Å². The van der Waals surface area contributed by atoms with Crippen molar-refractivity contribution < 1.29 is 23.0 Å². The molecule has 1 atom stereocenters. The maximum absolute atomic E-state index is 12.8. The van der Waals surface area contributed by atoms with Crippen LogP contribution in [0.3, 0.4) is 0 Å². The Balaban J connectivity index is 1.74. The number of rotatable bonds is 4. The predicted molar refractivity (Wildman–Crippen MR) is 89.6 cm³/mol. The van der Waals surface area contributed by atoms with Crippen molar-refractivity contribution in [2.45, 2.75) is 38.7 Å². The number of aryl methyl sites for hydroxylation is 1. The third-order valence-electron chi connectivity index (χ3n) is 4.34. The van der Waals surface area contributed by atoms with Crippen LogP contribution >= 0.6 is 0 Å². The van der Waals surface area contributed by atoms with Gasteiger partial charge in [0.05, 0.1) is 29.7 Å². The van der Waals surface area contributed by atoms with Gasteiger partial charge in [0.15, 0.2) is 0 Å². The highest BCUT2D eigenvalue weighted by Gasteiger charge is 2.32. The number of ether oxygens (including phenoxy) is 1. The highest BCUT2D eigenvalue weighted by atomic mass is 19.4. The van der Waals surface area contributed by atoms with E-state index in [1.54, 1.807) is 12.1 Å². The Morgan fingerprint density at radius 2 is 2.08 bits per heavy atom. The second-order valence-electron chi connectivity index (χ2n) is 6.37. The Morgan fingerprint density at radius 3 is 2.65 bits per heavy atom. The van der Waals surface area contributed by atoms with Crippen LogP contribution in [-0.2, 0) is 17.5 Å². The molecule has 2 heterocycles. The van der Waals surface area contributed by atoms with E-state index in [0.29, 0.717) is 24.1 Å². The summed E-state index contributed by atoms with van der Waals surface area (Å²) in [6, 6.07) is 5.02. The van der Waals surface area contributed by atoms with E-state index < -0.39 is 17.5 Å². The van der Waals surface area contributed by atoms with Crippen molar-refractivity contribution in [2.24, 2.45) is 0 Å². The summed E-state index contributed by atoms with van der Waals surface area (Å²) in [6.45, 7) is 3.63. The van der Waals surface area contributed by atoms with E-state index in [2.05, 4.69) is 15.5 Å². The molecule has 0 aliphatic carbocycles. The number of alkyl halides is 3. The largest absolute Gasteiger partial charge is 0.507 e. The van der Waals surface area contributed by atoms with E-state index in [1.165, 1.54) is 6.92 Å². The second kappa shape index (κ2) is 7.59. The Kier molecular flexibility index (Phi) is 5.43. The molecule has 3 rings (SSSR count). The zero-order valence-electron chi connectivity index (χ0n) is 14.3. The Morgan fingerprint density at radius 1 is 1.27 bits per heavy atom. The molecule has 0 spiro atoms. The summed E-state index contributed by atoms with van der Waals surface area (Å²) in [5.74, 6) is -0.469. The fourth-order valence-corrected chi connectivity index (χ4v) is 3.00. The zero-order chi connectivity index (χ0) is 18.7. The van der Waals surface area contributed by atoms with E-state index in [9.17, 15) is 18.3 Å². The maximum Gasteiger partial charge on any atom is 0.416 e. The lowest BCUT2D eigenvalue weighted by Crippen LogP contribution is -2.35. The summed E-state index contributed by atoms with van der Waals surface area (Å²) in [7, 11) is 0. The van der Waals surface area contributed by atoms with E-state index in [4.69, 9.17) is 4.74 Å². The number of hydrogen-bond donors (Lipinski definition) is 2. The molecular weight excluding hydrogens is 347 g/mol.